The molecule has 1 rings (SSSR count). The number of aromatic nitrogens is 1. The van der Waals surface area contributed by atoms with Crippen molar-refractivity contribution in [2.75, 3.05) is 7.05 Å². The molecule has 1 aromatic rings. The van der Waals surface area contributed by atoms with Gasteiger partial charge in [-0.2, -0.15) is 5.26 Å². The van der Waals surface area contributed by atoms with E-state index >= 15 is 0 Å². The minimum Gasteiger partial charge on any atom is -0.299 e. The second-order valence-electron chi connectivity index (χ2n) is 5.58. The van der Waals surface area contributed by atoms with E-state index in [1.54, 1.807) is 6.20 Å². The number of pyridine rings is 1. The van der Waals surface area contributed by atoms with Crippen molar-refractivity contribution >= 4 is 0 Å². The average Bonchev–Trinajstić information content (AvgIpc) is 2.27. The van der Waals surface area contributed by atoms with Crippen LogP contribution in [0.3, 0.4) is 0 Å². The van der Waals surface area contributed by atoms with Crippen LogP contribution in [0.4, 0.5) is 0 Å². The highest BCUT2D eigenvalue weighted by Gasteiger charge is 2.24. The van der Waals surface area contributed by atoms with Gasteiger partial charge in [0.25, 0.3) is 0 Å². The predicted octanol–water partition coefficient (Wildman–Crippen LogP) is 2.82. The molecule has 0 N–H and O–H groups in total. The lowest BCUT2D eigenvalue weighted by Crippen LogP contribution is -2.38. The Balaban J connectivity index is 2.82. The van der Waals surface area contributed by atoms with Crippen molar-refractivity contribution in [2.24, 2.45) is 5.41 Å². The Kier molecular flexibility index (Phi) is 4.25. The largest absolute Gasteiger partial charge is 0.299 e. The first-order valence-electron chi connectivity index (χ1n) is 5.90. The molecule has 0 amide bonds. The number of hydrogen-bond acceptors (Lipinski definition) is 3. The van der Waals surface area contributed by atoms with Gasteiger partial charge < -0.3 is 0 Å². The summed E-state index contributed by atoms with van der Waals surface area (Å²) in [4.78, 5) is 6.35. The van der Waals surface area contributed by atoms with E-state index < -0.39 is 0 Å². The summed E-state index contributed by atoms with van der Waals surface area (Å²) in [5.41, 5.74) is 1.75. The van der Waals surface area contributed by atoms with Gasteiger partial charge in [0.15, 0.2) is 0 Å². The Morgan fingerprint density at radius 3 is 2.65 bits per heavy atom. The van der Waals surface area contributed by atoms with Crippen molar-refractivity contribution in [3.05, 3.63) is 29.6 Å². The summed E-state index contributed by atoms with van der Waals surface area (Å²) < 4.78 is 0. The van der Waals surface area contributed by atoms with Crippen LogP contribution in [-0.2, 0) is 6.54 Å². The fourth-order valence-electron chi connectivity index (χ4n) is 1.73. The molecule has 0 saturated heterocycles. The van der Waals surface area contributed by atoms with Gasteiger partial charge in [0.05, 0.1) is 0 Å². The first-order valence-corrected chi connectivity index (χ1v) is 5.90. The van der Waals surface area contributed by atoms with E-state index in [-0.39, 0.29) is 5.41 Å². The van der Waals surface area contributed by atoms with Crippen LogP contribution in [-0.4, -0.2) is 23.0 Å². The first kappa shape index (κ1) is 13.7. The molecule has 3 heteroatoms. The zero-order valence-electron chi connectivity index (χ0n) is 11.4. The van der Waals surface area contributed by atoms with Crippen LogP contribution in [0.25, 0.3) is 0 Å². The standard InChI is InChI=1S/C14H21N3/c1-11(14(2,3)4)17(5)10-12-7-6-8-16-13(12)9-15/h6-8,11H,10H2,1-5H3. The predicted molar refractivity (Wildman–Crippen MR) is 69.3 cm³/mol. The van der Waals surface area contributed by atoms with Crippen LogP contribution in [0, 0.1) is 16.7 Å². The average molecular weight is 231 g/mol. The van der Waals surface area contributed by atoms with Crippen LogP contribution >= 0.6 is 0 Å². The van der Waals surface area contributed by atoms with Crippen molar-refractivity contribution in [3.8, 4) is 6.07 Å². The van der Waals surface area contributed by atoms with Gasteiger partial charge in [-0.15, -0.1) is 0 Å². The minimum atomic E-state index is 0.226. The van der Waals surface area contributed by atoms with Crippen LogP contribution < -0.4 is 0 Å². The Morgan fingerprint density at radius 2 is 2.12 bits per heavy atom. The highest BCUT2D eigenvalue weighted by molar-refractivity contribution is 5.30. The van der Waals surface area contributed by atoms with E-state index in [0.717, 1.165) is 12.1 Å². The van der Waals surface area contributed by atoms with E-state index in [0.29, 0.717) is 11.7 Å². The zero-order chi connectivity index (χ0) is 13.1. The zero-order valence-corrected chi connectivity index (χ0v) is 11.4. The summed E-state index contributed by atoms with van der Waals surface area (Å²) in [5, 5.41) is 9.00. The van der Waals surface area contributed by atoms with Gasteiger partial charge in [0.2, 0.25) is 0 Å². The van der Waals surface area contributed by atoms with Gasteiger partial charge in [-0.05, 0) is 25.5 Å². The smallest absolute Gasteiger partial charge is 0.144 e. The first-order chi connectivity index (χ1) is 7.86. The molecule has 1 atom stereocenters. The van der Waals surface area contributed by atoms with Crippen LogP contribution in [0.2, 0.25) is 0 Å². The molecule has 1 heterocycles. The maximum atomic E-state index is 9.00. The topological polar surface area (TPSA) is 39.9 Å². The molecular weight excluding hydrogens is 210 g/mol. The highest BCUT2D eigenvalue weighted by atomic mass is 15.1. The molecule has 0 fully saturated rings. The van der Waals surface area contributed by atoms with Crippen LogP contribution in [0.5, 0.6) is 0 Å². The number of nitriles is 1. The lowest BCUT2D eigenvalue weighted by atomic mass is 9.87. The normalized spacial score (nSPS) is 13.5. The molecule has 0 spiro atoms. The van der Waals surface area contributed by atoms with Crippen molar-refractivity contribution in [1.29, 1.82) is 5.26 Å². The molecule has 0 aliphatic carbocycles. The molecule has 1 aromatic heterocycles. The third-order valence-corrected chi connectivity index (χ3v) is 3.33. The number of rotatable bonds is 3. The van der Waals surface area contributed by atoms with E-state index in [1.807, 2.05) is 12.1 Å². The Bertz CT molecular complexity index is 412. The summed E-state index contributed by atoms with van der Waals surface area (Å²) >= 11 is 0. The fraction of sp³-hybridized carbons (Fsp3) is 0.571. The molecule has 92 valence electrons. The summed E-state index contributed by atoms with van der Waals surface area (Å²) in [6, 6.07) is 6.43. The number of nitrogens with zero attached hydrogens (tertiary/aromatic N) is 3. The summed E-state index contributed by atoms with van der Waals surface area (Å²) in [7, 11) is 2.09. The molecule has 0 aliphatic heterocycles. The Morgan fingerprint density at radius 1 is 1.47 bits per heavy atom. The van der Waals surface area contributed by atoms with Gasteiger partial charge in [-0.25, -0.2) is 4.98 Å². The fourth-order valence-corrected chi connectivity index (χ4v) is 1.73. The summed E-state index contributed by atoms with van der Waals surface area (Å²) in [6.07, 6.45) is 1.66. The molecule has 1 unspecified atom stereocenters. The van der Waals surface area contributed by atoms with Crippen LogP contribution in [0.1, 0.15) is 39.0 Å². The Labute approximate surface area is 104 Å². The molecule has 17 heavy (non-hydrogen) atoms. The molecule has 0 bridgehead atoms. The summed E-state index contributed by atoms with van der Waals surface area (Å²) in [5.74, 6) is 0. The molecule has 0 radical (unpaired) electrons. The van der Waals surface area contributed by atoms with Gasteiger partial charge >= 0.3 is 0 Å². The third-order valence-electron chi connectivity index (χ3n) is 3.33. The molecule has 0 aliphatic rings. The highest BCUT2D eigenvalue weighted by Crippen LogP contribution is 2.24. The second kappa shape index (κ2) is 5.29. The third kappa shape index (κ3) is 3.54. The van der Waals surface area contributed by atoms with E-state index in [9.17, 15) is 0 Å². The lowest BCUT2D eigenvalue weighted by Gasteiger charge is -2.35. The minimum absolute atomic E-state index is 0.226. The number of hydrogen-bond donors (Lipinski definition) is 0. The van der Waals surface area contributed by atoms with Crippen molar-refractivity contribution in [1.82, 2.24) is 9.88 Å². The van der Waals surface area contributed by atoms with Crippen molar-refractivity contribution in [2.45, 2.75) is 40.3 Å². The van der Waals surface area contributed by atoms with E-state index in [1.165, 1.54) is 0 Å². The monoisotopic (exact) mass is 231 g/mol. The molecule has 0 aromatic carbocycles. The van der Waals surface area contributed by atoms with E-state index in [2.05, 4.69) is 50.7 Å². The van der Waals surface area contributed by atoms with Crippen LogP contribution in [0.15, 0.2) is 18.3 Å². The summed E-state index contributed by atoms with van der Waals surface area (Å²) in [6.45, 7) is 9.64. The van der Waals surface area contributed by atoms with Crippen molar-refractivity contribution in [3.63, 3.8) is 0 Å². The molecule has 0 saturated carbocycles. The van der Waals surface area contributed by atoms with E-state index in [4.69, 9.17) is 5.26 Å². The van der Waals surface area contributed by atoms with Gasteiger partial charge in [-0.3, -0.25) is 4.90 Å². The quantitative estimate of drug-likeness (QED) is 0.803. The Hall–Kier alpha value is -1.40. The van der Waals surface area contributed by atoms with Gasteiger partial charge in [-0.1, -0.05) is 26.8 Å². The lowest BCUT2D eigenvalue weighted by molar-refractivity contribution is 0.134. The molecule has 3 nitrogen and oxygen atoms in total. The molecular formula is C14H21N3. The van der Waals surface area contributed by atoms with Gasteiger partial charge in [0, 0.05) is 24.3 Å². The SMILES string of the molecule is CC(N(C)Cc1cccnc1C#N)C(C)(C)C. The van der Waals surface area contributed by atoms with Crippen molar-refractivity contribution < 1.29 is 0 Å². The van der Waals surface area contributed by atoms with Gasteiger partial charge in [0.1, 0.15) is 11.8 Å². The second-order valence-corrected chi connectivity index (χ2v) is 5.58. The maximum Gasteiger partial charge on any atom is 0.144 e. The maximum absolute atomic E-state index is 9.00.